The zero-order valence-electron chi connectivity index (χ0n) is 14.2. The average Bonchev–Trinajstić information content (AvgIpc) is 3.50. The summed E-state index contributed by atoms with van der Waals surface area (Å²) in [6, 6.07) is 30.5. The molecule has 1 heterocycles. The summed E-state index contributed by atoms with van der Waals surface area (Å²) in [5.41, 5.74) is 0.924. The van der Waals surface area contributed by atoms with Crippen molar-refractivity contribution in [1.29, 1.82) is 0 Å². The van der Waals surface area contributed by atoms with E-state index in [0.717, 1.165) is 5.56 Å². The molecule has 0 atom stereocenters. The number of nitrogens with one attached hydrogen (secondary N) is 1. The first-order valence-electron chi connectivity index (χ1n) is 8.44. The first kappa shape index (κ1) is 17.0. The molecular formula is C22H19NO2P+. The molecule has 0 radical (unpaired) electrons. The molecule has 0 bridgehead atoms. The van der Waals surface area contributed by atoms with E-state index in [-0.39, 0.29) is 0 Å². The van der Waals surface area contributed by atoms with Gasteiger partial charge in [0.15, 0.2) is 7.41 Å². The summed E-state index contributed by atoms with van der Waals surface area (Å²) in [6.07, 6.45) is 6.38. The summed E-state index contributed by atoms with van der Waals surface area (Å²) in [4.78, 5) is 11.0. The molecule has 3 aromatic carbocycles. The molecule has 26 heavy (non-hydrogen) atoms. The van der Waals surface area contributed by atoms with Crippen molar-refractivity contribution < 1.29 is 9.78 Å². The van der Waals surface area contributed by atoms with E-state index in [2.05, 4.69) is 35.3 Å². The Hall–Kier alpha value is -2.47. The summed E-state index contributed by atoms with van der Waals surface area (Å²) in [5, 5.41) is 6.02. The van der Waals surface area contributed by atoms with Crippen molar-refractivity contribution in [3.05, 3.63) is 96.6 Å². The number of hydrogen-bond acceptors (Lipinski definition) is 3. The molecule has 128 valence electrons. The van der Waals surface area contributed by atoms with Gasteiger partial charge in [-0.3, -0.25) is 0 Å². The molecule has 0 saturated carbocycles. The van der Waals surface area contributed by atoms with Gasteiger partial charge in [0.05, 0.1) is 0 Å². The molecule has 0 aromatic heterocycles. The Morgan fingerprint density at radius 3 is 1.65 bits per heavy atom. The van der Waals surface area contributed by atoms with Gasteiger partial charge >= 0.3 is 5.91 Å². The first-order valence-corrected chi connectivity index (χ1v) is 10.4. The summed E-state index contributed by atoms with van der Waals surface area (Å²) >= 11 is 0. The number of benzene rings is 3. The Balaban J connectivity index is 1.85. The largest absolute Gasteiger partial charge is 0.343 e. The Bertz CT molecular complexity index is 864. The number of rotatable bonds is 6. The molecule has 1 aliphatic rings. The molecule has 0 unspecified atom stereocenters. The lowest BCUT2D eigenvalue weighted by atomic mass is 10.2. The number of terminal acetylenes is 1. The van der Waals surface area contributed by atoms with Gasteiger partial charge in [0.25, 0.3) is 0 Å². The molecule has 3 nitrogen and oxygen atoms in total. The molecule has 0 spiro atoms. The topological polar surface area (TPSA) is 37.1 Å². The van der Waals surface area contributed by atoms with Gasteiger partial charge in [-0.05, 0) is 24.3 Å². The molecular weight excluding hydrogens is 341 g/mol. The molecule has 4 heteroatoms. The van der Waals surface area contributed by atoms with Gasteiger partial charge in [0.2, 0.25) is 0 Å². The van der Waals surface area contributed by atoms with Crippen molar-refractivity contribution >= 4 is 18.0 Å². The standard InChI is InChI=1S/C22H19NO2P/c1-2-18-26(20-14-8-4-9-15-20,21-16-10-5-11-17-21)23-22(24-25-22)19-12-6-3-7-13-19/h1,3-17,23H,18H2/q+1. The van der Waals surface area contributed by atoms with Crippen LogP contribution in [0.15, 0.2) is 91.0 Å². The normalized spacial score (nSPS) is 15.2. The van der Waals surface area contributed by atoms with Crippen LogP contribution in [0.3, 0.4) is 0 Å². The molecule has 0 amide bonds. The molecule has 3 aromatic rings. The van der Waals surface area contributed by atoms with Gasteiger partial charge < -0.3 is 0 Å². The number of hydrogen-bond donors (Lipinski definition) is 1. The van der Waals surface area contributed by atoms with Crippen molar-refractivity contribution in [2.75, 3.05) is 6.16 Å². The lowest BCUT2D eigenvalue weighted by Crippen LogP contribution is -2.41. The molecule has 1 aliphatic heterocycles. The monoisotopic (exact) mass is 360 g/mol. The minimum absolute atomic E-state index is 0.558. The van der Waals surface area contributed by atoms with E-state index in [1.807, 2.05) is 66.7 Å². The maximum atomic E-state index is 5.82. The van der Waals surface area contributed by atoms with Crippen LogP contribution in [0.4, 0.5) is 0 Å². The third-order valence-corrected chi connectivity index (χ3v) is 8.16. The second kappa shape index (κ2) is 7.03. The summed E-state index contributed by atoms with van der Waals surface area (Å²) in [5.74, 6) is 1.92. The second-order valence-corrected chi connectivity index (χ2v) is 9.30. The highest BCUT2D eigenvalue weighted by Crippen LogP contribution is 2.58. The lowest BCUT2D eigenvalue weighted by molar-refractivity contribution is 0.0850. The smallest absolute Gasteiger partial charge is 0.168 e. The maximum Gasteiger partial charge on any atom is 0.343 e. The van der Waals surface area contributed by atoms with Crippen LogP contribution in [0.1, 0.15) is 5.56 Å². The van der Waals surface area contributed by atoms with Crippen molar-refractivity contribution in [2.24, 2.45) is 0 Å². The minimum Gasteiger partial charge on any atom is -0.168 e. The van der Waals surface area contributed by atoms with E-state index >= 15 is 0 Å². The Morgan fingerprint density at radius 2 is 1.23 bits per heavy atom. The van der Waals surface area contributed by atoms with Crippen LogP contribution in [-0.4, -0.2) is 6.16 Å². The predicted molar refractivity (Wildman–Crippen MR) is 106 cm³/mol. The predicted octanol–water partition coefficient (Wildman–Crippen LogP) is 3.57. The molecule has 1 saturated heterocycles. The van der Waals surface area contributed by atoms with Crippen LogP contribution in [0.2, 0.25) is 0 Å². The van der Waals surface area contributed by atoms with Crippen molar-refractivity contribution in [2.45, 2.75) is 5.91 Å². The van der Waals surface area contributed by atoms with Crippen LogP contribution in [0, 0.1) is 12.3 Å². The second-order valence-electron chi connectivity index (χ2n) is 6.10. The Kier molecular flexibility index (Phi) is 4.59. The highest BCUT2D eigenvalue weighted by molar-refractivity contribution is 7.88. The Labute approximate surface area is 154 Å². The molecule has 0 aliphatic carbocycles. The van der Waals surface area contributed by atoms with Gasteiger partial charge in [-0.2, -0.15) is 9.78 Å². The highest BCUT2D eigenvalue weighted by atomic mass is 31.2. The fourth-order valence-electron chi connectivity index (χ4n) is 3.15. The van der Waals surface area contributed by atoms with Crippen molar-refractivity contribution in [3.8, 4) is 12.3 Å². The molecule has 1 fully saturated rings. The minimum atomic E-state index is -2.16. The summed E-state index contributed by atoms with van der Waals surface area (Å²) < 4.78 is 0. The Morgan fingerprint density at radius 1 is 0.769 bits per heavy atom. The van der Waals surface area contributed by atoms with E-state index in [9.17, 15) is 0 Å². The van der Waals surface area contributed by atoms with E-state index in [0.29, 0.717) is 6.16 Å². The molecule has 4 rings (SSSR count). The van der Waals surface area contributed by atoms with Crippen molar-refractivity contribution in [1.82, 2.24) is 5.09 Å². The van der Waals surface area contributed by atoms with Gasteiger partial charge in [0.1, 0.15) is 16.8 Å². The quantitative estimate of drug-likeness (QED) is 0.316. The zero-order chi connectivity index (χ0) is 17.9. The van der Waals surface area contributed by atoms with Crippen molar-refractivity contribution in [3.63, 3.8) is 0 Å². The van der Waals surface area contributed by atoms with Gasteiger partial charge in [-0.25, -0.2) is 0 Å². The van der Waals surface area contributed by atoms with Crippen LogP contribution in [0.5, 0.6) is 0 Å². The fourth-order valence-corrected chi connectivity index (χ4v) is 6.49. The summed E-state index contributed by atoms with van der Waals surface area (Å²) in [7, 11) is -2.16. The van der Waals surface area contributed by atoms with Gasteiger partial charge in [0, 0.05) is 5.56 Å². The third-order valence-electron chi connectivity index (χ3n) is 4.46. The average molecular weight is 360 g/mol. The van der Waals surface area contributed by atoms with E-state index in [1.54, 1.807) is 0 Å². The lowest BCUT2D eigenvalue weighted by Gasteiger charge is -2.27. The third kappa shape index (κ3) is 3.05. The maximum absolute atomic E-state index is 5.82. The van der Waals surface area contributed by atoms with Gasteiger partial charge in [-0.1, -0.05) is 72.7 Å². The van der Waals surface area contributed by atoms with Crippen LogP contribution in [-0.2, 0) is 15.7 Å². The fraction of sp³-hybridized carbons (Fsp3) is 0.0909. The van der Waals surface area contributed by atoms with E-state index < -0.39 is 13.3 Å². The SMILES string of the molecule is C#CC[P+](NC1(c2ccccc2)OO1)(c1ccccc1)c1ccccc1. The zero-order valence-corrected chi connectivity index (χ0v) is 15.1. The highest BCUT2D eigenvalue weighted by Gasteiger charge is 2.61. The summed E-state index contributed by atoms with van der Waals surface area (Å²) in [6.45, 7) is 0. The first-order chi connectivity index (χ1) is 12.8. The van der Waals surface area contributed by atoms with Crippen LogP contribution in [0.25, 0.3) is 0 Å². The van der Waals surface area contributed by atoms with Gasteiger partial charge in [-0.15, -0.1) is 11.5 Å². The van der Waals surface area contributed by atoms with Crippen LogP contribution >= 0.6 is 7.41 Å². The van der Waals surface area contributed by atoms with E-state index in [4.69, 9.17) is 16.2 Å². The molecule has 1 N–H and O–H groups in total. The van der Waals surface area contributed by atoms with E-state index in [1.165, 1.54) is 10.6 Å². The van der Waals surface area contributed by atoms with Crippen LogP contribution < -0.4 is 15.7 Å².